The van der Waals surface area contributed by atoms with E-state index in [-0.39, 0.29) is 29.9 Å². The van der Waals surface area contributed by atoms with Crippen LogP contribution < -0.4 is 16.0 Å². The monoisotopic (exact) mass is 402 g/mol. The summed E-state index contributed by atoms with van der Waals surface area (Å²) < 4.78 is 5.61. The average Bonchev–Trinajstić information content (AvgIpc) is 3.02. The number of hydrogen-bond acceptors (Lipinski definition) is 5. The van der Waals surface area contributed by atoms with Crippen LogP contribution in [0.15, 0.2) is 24.3 Å². The molecule has 1 saturated carbocycles. The third-order valence-electron chi connectivity index (χ3n) is 5.76. The molecule has 1 aromatic carbocycles. The molecule has 3 rings (SSSR count). The molecule has 1 aromatic rings. The first-order valence-corrected chi connectivity index (χ1v) is 10.0. The summed E-state index contributed by atoms with van der Waals surface area (Å²) in [6.07, 6.45) is 1.76. The number of benzene rings is 1. The number of carbonyl (C=O) groups excluding carboxylic acids is 3. The van der Waals surface area contributed by atoms with Crippen molar-refractivity contribution in [2.75, 3.05) is 37.4 Å². The molecule has 1 aliphatic heterocycles. The number of nitrogens with zero attached hydrogens (tertiary/aromatic N) is 1. The molecule has 8 heteroatoms. The van der Waals surface area contributed by atoms with Crippen molar-refractivity contribution in [3.63, 3.8) is 0 Å². The highest BCUT2D eigenvalue weighted by Gasteiger charge is 2.42. The van der Waals surface area contributed by atoms with Crippen molar-refractivity contribution in [1.82, 2.24) is 10.2 Å². The Morgan fingerprint density at radius 1 is 1.00 bits per heavy atom. The molecule has 2 aliphatic rings. The molecule has 158 valence electrons. The summed E-state index contributed by atoms with van der Waals surface area (Å²) in [5.74, 6) is 0.574. The highest BCUT2D eigenvalue weighted by atomic mass is 16.5. The van der Waals surface area contributed by atoms with Crippen LogP contribution in [0.5, 0.6) is 0 Å². The van der Waals surface area contributed by atoms with E-state index >= 15 is 0 Å². The molecule has 3 amide bonds. The predicted molar refractivity (Wildman–Crippen MR) is 110 cm³/mol. The lowest BCUT2D eigenvalue weighted by Gasteiger charge is -2.37. The second-order valence-corrected chi connectivity index (χ2v) is 8.04. The van der Waals surface area contributed by atoms with Crippen LogP contribution in [-0.2, 0) is 19.1 Å². The van der Waals surface area contributed by atoms with E-state index in [1.807, 2.05) is 12.1 Å². The average molecular weight is 402 g/mol. The SMILES string of the molecule is CO[C@@H]1C[C@H]2CN(CC(=O)Nc3ccccc3NC(C)=O)C[C@H]2C[C@H]1NC(C)=O. The zero-order valence-corrected chi connectivity index (χ0v) is 17.2. The second kappa shape index (κ2) is 9.37. The number of anilines is 2. The normalized spacial score (nSPS) is 26.4. The van der Waals surface area contributed by atoms with Gasteiger partial charge in [0.2, 0.25) is 17.7 Å². The zero-order valence-electron chi connectivity index (χ0n) is 17.2. The number of amides is 3. The van der Waals surface area contributed by atoms with Gasteiger partial charge in [0.15, 0.2) is 0 Å². The predicted octanol–water partition coefficient (Wildman–Crippen LogP) is 1.44. The lowest BCUT2D eigenvalue weighted by Crippen LogP contribution is -2.49. The van der Waals surface area contributed by atoms with Crippen LogP contribution in [0.3, 0.4) is 0 Å². The van der Waals surface area contributed by atoms with Gasteiger partial charge in [-0.3, -0.25) is 19.3 Å². The highest BCUT2D eigenvalue weighted by molar-refractivity contribution is 5.99. The Balaban J connectivity index is 1.57. The van der Waals surface area contributed by atoms with E-state index in [0.29, 0.717) is 29.8 Å². The third kappa shape index (κ3) is 5.55. The first kappa shape index (κ1) is 21.3. The van der Waals surface area contributed by atoms with Crippen LogP contribution in [0.4, 0.5) is 11.4 Å². The number of nitrogens with one attached hydrogen (secondary N) is 3. The van der Waals surface area contributed by atoms with Gasteiger partial charge in [-0.05, 0) is 36.8 Å². The quantitative estimate of drug-likeness (QED) is 0.669. The maximum Gasteiger partial charge on any atom is 0.238 e. The first-order chi connectivity index (χ1) is 13.9. The molecule has 29 heavy (non-hydrogen) atoms. The maximum atomic E-state index is 12.6. The van der Waals surface area contributed by atoms with Crippen molar-refractivity contribution in [2.45, 2.75) is 38.8 Å². The molecule has 2 fully saturated rings. The van der Waals surface area contributed by atoms with Gasteiger partial charge in [0.25, 0.3) is 0 Å². The van der Waals surface area contributed by atoms with Crippen molar-refractivity contribution >= 4 is 29.1 Å². The molecule has 1 heterocycles. The Bertz CT molecular complexity index is 769. The van der Waals surface area contributed by atoms with Crippen molar-refractivity contribution in [3.8, 4) is 0 Å². The van der Waals surface area contributed by atoms with Gasteiger partial charge in [0, 0.05) is 34.0 Å². The van der Waals surface area contributed by atoms with Crippen LogP contribution in [0.1, 0.15) is 26.7 Å². The van der Waals surface area contributed by atoms with Crippen molar-refractivity contribution in [1.29, 1.82) is 0 Å². The van der Waals surface area contributed by atoms with Gasteiger partial charge < -0.3 is 20.7 Å². The Hall–Kier alpha value is -2.45. The lowest BCUT2D eigenvalue weighted by atomic mass is 9.77. The van der Waals surface area contributed by atoms with Crippen molar-refractivity contribution in [2.24, 2.45) is 11.8 Å². The lowest BCUT2D eigenvalue weighted by molar-refractivity contribution is -0.121. The fourth-order valence-corrected chi connectivity index (χ4v) is 4.60. The number of likely N-dealkylation sites (tertiary alicyclic amines) is 1. The minimum absolute atomic E-state index is 0.0125. The summed E-state index contributed by atoms with van der Waals surface area (Å²) in [4.78, 5) is 37.6. The number of carbonyl (C=O) groups is 3. The summed E-state index contributed by atoms with van der Waals surface area (Å²) in [6.45, 7) is 4.94. The molecule has 4 atom stereocenters. The number of para-hydroxylation sites is 2. The molecule has 0 unspecified atom stereocenters. The molecule has 0 aromatic heterocycles. The van der Waals surface area contributed by atoms with Crippen molar-refractivity contribution < 1.29 is 19.1 Å². The third-order valence-corrected chi connectivity index (χ3v) is 5.76. The molecule has 1 aliphatic carbocycles. The van der Waals surface area contributed by atoms with Crippen LogP contribution in [0.25, 0.3) is 0 Å². The molecule has 0 spiro atoms. The van der Waals surface area contributed by atoms with Gasteiger partial charge in [0.05, 0.1) is 30.1 Å². The zero-order chi connectivity index (χ0) is 21.0. The Morgan fingerprint density at radius 2 is 1.62 bits per heavy atom. The number of rotatable bonds is 6. The van der Waals surface area contributed by atoms with E-state index in [9.17, 15) is 14.4 Å². The smallest absolute Gasteiger partial charge is 0.238 e. The van der Waals surface area contributed by atoms with Crippen LogP contribution >= 0.6 is 0 Å². The Morgan fingerprint density at radius 3 is 2.21 bits per heavy atom. The number of hydrogen-bond donors (Lipinski definition) is 3. The van der Waals surface area contributed by atoms with Gasteiger partial charge in [-0.1, -0.05) is 12.1 Å². The Kier molecular flexibility index (Phi) is 6.87. The van der Waals surface area contributed by atoms with Gasteiger partial charge in [0.1, 0.15) is 0 Å². The summed E-state index contributed by atoms with van der Waals surface area (Å²) in [5, 5.41) is 8.64. The second-order valence-electron chi connectivity index (χ2n) is 8.04. The van der Waals surface area contributed by atoms with Crippen LogP contribution in [-0.4, -0.2) is 61.5 Å². The van der Waals surface area contributed by atoms with E-state index in [1.165, 1.54) is 13.8 Å². The molecule has 1 saturated heterocycles. The number of fused-ring (bicyclic) bond motifs is 1. The van der Waals surface area contributed by atoms with Gasteiger partial charge in [-0.15, -0.1) is 0 Å². The first-order valence-electron chi connectivity index (χ1n) is 10.0. The molecule has 8 nitrogen and oxygen atoms in total. The maximum absolute atomic E-state index is 12.6. The summed E-state index contributed by atoms with van der Waals surface area (Å²) in [5.41, 5.74) is 1.18. The number of ether oxygens (including phenoxy) is 1. The number of methoxy groups -OCH3 is 1. The van der Waals surface area contributed by atoms with Gasteiger partial charge >= 0.3 is 0 Å². The molecular formula is C21H30N4O4. The van der Waals surface area contributed by atoms with Crippen LogP contribution in [0, 0.1) is 11.8 Å². The standard InChI is InChI=1S/C21H30N4O4/c1-13(26)22-17-6-4-5-7-18(17)24-21(28)12-25-10-15-8-19(23-14(2)27)20(29-3)9-16(15)11-25/h4-7,15-16,19-20H,8-12H2,1-3H3,(H,22,26)(H,23,27)(H,24,28)/t15-,16+,19-,20-/m1/s1. The van der Waals surface area contributed by atoms with Gasteiger partial charge in [-0.25, -0.2) is 0 Å². The molecule has 0 radical (unpaired) electrons. The van der Waals surface area contributed by atoms with E-state index in [4.69, 9.17) is 4.74 Å². The highest BCUT2D eigenvalue weighted by Crippen LogP contribution is 2.37. The van der Waals surface area contributed by atoms with E-state index in [0.717, 1.165) is 25.9 Å². The fourth-order valence-electron chi connectivity index (χ4n) is 4.60. The van der Waals surface area contributed by atoms with E-state index in [1.54, 1.807) is 19.2 Å². The minimum Gasteiger partial charge on any atom is -0.379 e. The topological polar surface area (TPSA) is 99.8 Å². The largest absolute Gasteiger partial charge is 0.379 e. The molecular weight excluding hydrogens is 372 g/mol. The van der Waals surface area contributed by atoms with Crippen molar-refractivity contribution in [3.05, 3.63) is 24.3 Å². The van der Waals surface area contributed by atoms with Gasteiger partial charge in [-0.2, -0.15) is 0 Å². The minimum atomic E-state index is -0.184. The fraction of sp³-hybridized carbons (Fsp3) is 0.571. The molecule has 0 bridgehead atoms. The van der Waals surface area contributed by atoms with Crippen LogP contribution in [0.2, 0.25) is 0 Å². The van der Waals surface area contributed by atoms with E-state index in [2.05, 4.69) is 20.9 Å². The molecule has 3 N–H and O–H groups in total. The Labute approximate surface area is 171 Å². The summed E-state index contributed by atoms with van der Waals surface area (Å²) in [7, 11) is 1.69. The summed E-state index contributed by atoms with van der Waals surface area (Å²) in [6, 6.07) is 7.18. The summed E-state index contributed by atoms with van der Waals surface area (Å²) >= 11 is 0. The van der Waals surface area contributed by atoms with E-state index < -0.39 is 0 Å².